The fourth-order valence-electron chi connectivity index (χ4n) is 4.16. The summed E-state index contributed by atoms with van der Waals surface area (Å²) in [6.07, 6.45) is 6.86. The molecule has 1 aromatic heterocycles. The third-order valence-electron chi connectivity index (χ3n) is 5.65. The molecule has 1 aliphatic heterocycles. The molecule has 3 aromatic carbocycles. The molecule has 0 saturated carbocycles. The highest BCUT2D eigenvalue weighted by atomic mass is 32.2. The van der Waals surface area contributed by atoms with E-state index in [1.54, 1.807) is 4.57 Å². The van der Waals surface area contributed by atoms with Crippen LogP contribution in [0, 0.1) is 12.3 Å². The quantitative estimate of drug-likeness (QED) is 0.213. The van der Waals surface area contributed by atoms with Gasteiger partial charge in [0, 0.05) is 27.8 Å². The molecule has 1 atom stereocenters. The number of fused-ring (bicyclic) bond motifs is 5. The van der Waals surface area contributed by atoms with Crippen molar-refractivity contribution in [1.82, 2.24) is 4.57 Å². The van der Waals surface area contributed by atoms with E-state index in [9.17, 15) is 4.79 Å². The molecule has 0 saturated heterocycles. The minimum Gasteiger partial charge on any atom is -0.444 e. The van der Waals surface area contributed by atoms with E-state index in [1.165, 1.54) is 10.5 Å². The summed E-state index contributed by atoms with van der Waals surface area (Å²) in [7, 11) is 0. The molecule has 2 heterocycles. The highest BCUT2D eigenvalue weighted by Crippen LogP contribution is 2.56. The van der Waals surface area contributed by atoms with E-state index in [0.29, 0.717) is 0 Å². The van der Waals surface area contributed by atoms with Crippen molar-refractivity contribution in [3.63, 3.8) is 0 Å². The number of terminal acetylenes is 1. The minimum atomic E-state index is -0.353. The van der Waals surface area contributed by atoms with Crippen LogP contribution in [0.3, 0.4) is 0 Å². The van der Waals surface area contributed by atoms with Crippen molar-refractivity contribution in [2.75, 3.05) is 5.75 Å². The second-order valence-corrected chi connectivity index (χ2v) is 10.4. The van der Waals surface area contributed by atoms with Crippen molar-refractivity contribution in [3.05, 3.63) is 90.0 Å². The topological polar surface area (TPSA) is 31.2 Å². The Morgan fingerprint density at radius 2 is 1.79 bits per heavy atom. The van der Waals surface area contributed by atoms with Gasteiger partial charge in [-0.05, 0) is 29.9 Å². The maximum Gasteiger partial charge on any atom is 0.419 e. The van der Waals surface area contributed by atoms with Gasteiger partial charge in [0.15, 0.2) is 0 Å². The summed E-state index contributed by atoms with van der Waals surface area (Å²) in [6, 6.07) is 26.2. The number of unbranched alkanes of at least 4 members (excludes halogenated alkanes) is 1. The Hall–Kier alpha value is -3.07. The fourth-order valence-corrected chi connectivity index (χ4v) is 7.00. The first-order chi connectivity index (χ1) is 16.3. The summed E-state index contributed by atoms with van der Waals surface area (Å²) in [4.78, 5) is 14.7. The molecule has 0 radical (unpaired) electrons. The fraction of sp³-hybridized carbons (Fsp3) is 0.179. The molecule has 0 N–H and O–H groups in total. The van der Waals surface area contributed by atoms with Gasteiger partial charge in [-0.25, -0.2) is 9.36 Å². The van der Waals surface area contributed by atoms with Gasteiger partial charge in [-0.2, -0.15) is 0 Å². The number of nitrogens with zero attached hydrogens (tertiary/aromatic N) is 1. The Morgan fingerprint density at radius 3 is 2.64 bits per heavy atom. The van der Waals surface area contributed by atoms with E-state index in [1.807, 2.05) is 78.1 Å². The maximum absolute atomic E-state index is 13.5. The first-order valence-electron chi connectivity index (χ1n) is 10.9. The molecular formula is C28H23NO2S2. The lowest BCUT2D eigenvalue weighted by Crippen LogP contribution is -2.16. The normalized spacial score (nSPS) is 14.3. The molecule has 5 heteroatoms. The number of carbonyl (C=O) groups is 1. The molecule has 164 valence electrons. The van der Waals surface area contributed by atoms with Crippen LogP contribution in [-0.4, -0.2) is 16.4 Å². The van der Waals surface area contributed by atoms with Crippen LogP contribution in [0.5, 0.6) is 0 Å². The zero-order chi connectivity index (χ0) is 22.6. The van der Waals surface area contributed by atoms with E-state index in [4.69, 9.17) is 11.2 Å². The lowest BCUT2D eigenvalue weighted by atomic mass is 10.1. The van der Waals surface area contributed by atoms with E-state index in [-0.39, 0.29) is 17.3 Å². The third kappa shape index (κ3) is 4.29. The van der Waals surface area contributed by atoms with Gasteiger partial charge >= 0.3 is 6.09 Å². The Morgan fingerprint density at radius 1 is 1.03 bits per heavy atom. The molecule has 5 rings (SSSR count). The molecule has 0 spiro atoms. The molecule has 0 aliphatic carbocycles. The van der Waals surface area contributed by atoms with Gasteiger partial charge in [0.25, 0.3) is 0 Å². The van der Waals surface area contributed by atoms with Gasteiger partial charge in [0.2, 0.25) is 0 Å². The Balaban J connectivity index is 1.59. The second kappa shape index (κ2) is 9.82. The molecule has 1 aliphatic rings. The highest BCUT2D eigenvalue weighted by Gasteiger charge is 2.33. The van der Waals surface area contributed by atoms with E-state index in [2.05, 4.69) is 30.2 Å². The summed E-state index contributed by atoms with van der Waals surface area (Å²) in [5.41, 5.74) is 5.06. The van der Waals surface area contributed by atoms with Crippen LogP contribution >= 0.6 is 23.5 Å². The molecular weight excluding hydrogens is 446 g/mol. The van der Waals surface area contributed by atoms with E-state index < -0.39 is 0 Å². The number of para-hydroxylation sites is 1. The lowest BCUT2D eigenvalue weighted by molar-refractivity contribution is 0.142. The Labute approximate surface area is 202 Å². The van der Waals surface area contributed by atoms with Crippen molar-refractivity contribution in [1.29, 1.82) is 0 Å². The molecule has 33 heavy (non-hydrogen) atoms. The Kier molecular flexibility index (Phi) is 6.48. The van der Waals surface area contributed by atoms with Crippen LogP contribution in [0.2, 0.25) is 0 Å². The monoisotopic (exact) mass is 469 g/mol. The zero-order valence-electron chi connectivity index (χ0n) is 18.1. The highest BCUT2D eigenvalue weighted by molar-refractivity contribution is 8.16. The van der Waals surface area contributed by atoms with Crippen molar-refractivity contribution >= 4 is 40.5 Å². The summed E-state index contributed by atoms with van der Waals surface area (Å²) in [5.74, 6) is 3.70. The van der Waals surface area contributed by atoms with Crippen LogP contribution in [0.4, 0.5) is 4.79 Å². The second-order valence-electron chi connectivity index (χ2n) is 7.78. The Bertz CT molecular complexity index is 1340. The average molecular weight is 470 g/mol. The maximum atomic E-state index is 13.5. The average Bonchev–Trinajstić information content (AvgIpc) is 3.22. The van der Waals surface area contributed by atoms with Gasteiger partial charge in [0.05, 0.1) is 15.8 Å². The van der Waals surface area contributed by atoms with Gasteiger partial charge in [-0.3, -0.25) is 0 Å². The van der Waals surface area contributed by atoms with Gasteiger partial charge < -0.3 is 4.74 Å². The molecule has 0 amide bonds. The summed E-state index contributed by atoms with van der Waals surface area (Å²) in [5, 5.41) is 1.10. The van der Waals surface area contributed by atoms with Crippen LogP contribution in [-0.2, 0) is 11.3 Å². The molecule has 3 nitrogen and oxygen atoms in total. The predicted octanol–water partition coefficient (Wildman–Crippen LogP) is 7.74. The van der Waals surface area contributed by atoms with E-state index >= 15 is 0 Å². The molecule has 1 unspecified atom stereocenters. The van der Waals surface area contributed by atoms with Crippen molar-refractivity contribution in [2.24, 2.45) is 0 Å². The summed E-state index contributed by atoms with van der Waals surface area (Å²) < 4.78 is 7.74. The van der Waals surface area contributed by atoms with Gasteiger partial charge in [-0.15, -0.1) is 35.9 Å². The number of carbonyl (C=O) groups excluding carboxylic acids is 1. The molecule has 0 bridgehead atoms. The van der Waals surface area contributed by atoms with Crippen LogP contribution in [0.1, 0.15) is 28.6 Å². The van der Waals surface area contributed by atoms with Crippen molar-refractivity contribution in [3.8, 4) is 23.6 Å². The number of thioether (sulfide) groups is 2. The van der Waals surface area contributed by atoms with Crippen molar-refractivity contribution < 1.29 is 9.53 Å². The van der Waals surface area contributed by atoms with Crippen LogP contribution in [0.25, 0.3) is 22.2 Å². The number of aromatic nitrogens is 1. The molecule has 0 fully saturated rings. The first kappa shape index (κ1) is 21.8. The third-order valence-corrected chi connectivity index (χ3v) is 8.47. The van der Waals surface area contributed by atoms with Crippen molar-refractivity contribution in [2.45, 2.75) is 28.9 Å². The molecule has 4 aromatic rings. The summed E-state index contributed by atoms with van der Waals surface area (Å²) in [6.45, 7) is 0.238. The van der Waals surface area contributed by atoms with Crippen LogP contribution < -0.4 is 0 Å². The number of hydrogen-bond donors (Lipinski definition) is 0. The summed E-state index contributed by atoms with van der Waals surface area (Å²) >= 11 is 3.75. The number of rotatable bonds is 6. The number of ether oxygens (including phenoxy) is 1. The SMILES string of the molecule is C#CCCCSC1Sc2ccccc2-c2c1c1ccccc1n2C(=O)OCc1ccccc1. The number of benzene rings is 3. The lowest BCUT2D eigenvalue weighted by Gasteiger charge is -2.25. The number of hydrogen-bond acceptors (Lipinski definition) is 4. The zero-order valence-corrected chi connectivity index (χ0v) is 19.7. The minimum absolute atomic E-state index is 0.181. The van der Waals surface area contributed by atoms with Gasteiger partial charge in [0.1, 0.15) is 6.61 Å². The van der Waals surface area contributed by atoms with E-state index in [0.717, 1.165) is 46.3 Å². The van der Waals surface area contributed by atoms with Gasteiger partial charge in [-0.1, -0.05) is 66.7 Å². The predicted molar refractivity (Wildman–Crippen MR) is 139 cm³/mol. The smallest absolute Gasteiger partial charge is 0.419 e. The van der Waals surface area contributed by atoms with Crippen LogP contribution in [0.15, 0.2) is 83.8 Å². The largest absolute Gasteiger partial charge is 0.444 e. The first-order valence-corrected chi connectivity index (χ1v) is 12.9. The standard InChI is InChI=1S/C28H23NO2S2/c1-2-3-11-18-32-27-25-21-14-7-9-16-23(21)29(26(25)22-15-8-10-17-24(22)33-27)28(30)31-19-20-12-5-4-6-13-20/h1,4-10,12-17,27H,3,11,18-19H2.